The average Bonchev–Trinajstić information content (AvgIpc) is 3.37. The van der Waals surface area contributed by atoms with Crippen molar-refractivity contribution < 1.29 is 0 Å². The molecule has 0 N–H and O–H groups in total. The summed E-state index contributed by atoms with van der Waals surface area (Å²) in [6, 6.07) is 0. The number of hydrogen-bond donors (Lipinski definition) is 0. The Hall–Kier alpha value is -1.76. The molecule has 0 heterocycles. The molecular weight excluding hydrogens is 925 g/mol. The first-order valence-electron chi connectivity index (χ1n) is 30.5. The Morgan fingerprint density at radius 2 is 0.286 bits per heavy atom. The molecule has 19 rings (SSSR count). The van der Waals surface area contributed by atoms with Gasteiger partial charge < -0.3 is 0 Å². The minimum absolute atomic E-state index is 0. The van der Waals surface area contributed by atoms with E-state index in [-0.39, 0.29) is 66.8 Å². The number of rotatable bonds is 1. The van der Waals surface area contributed by atoms with Crippen molar-refractivity contribution in [3.05, 3.63) is 0 Å². The largest absolute Gasteiger partial charge is 0.107 e. The molecule has 0 aliphatic heterocycles. The van der Waals surface area contributed by atoms with Crippen molar-refractivity contribution in [3.63, 3.8) is 0 Å². The Morgan fingerprint density at radius 1 is 0.182 bits per heavy atom. The van der Waals surface area contributed by atoms with Gasteiger partial charge in [-0.05, 0) is 327 Å². The lowest BCUT2D eigenvalue weighted by Gasteiger charge is -2.70. The van der Waals surface area contributed by atoms with Crippen LogP contribution >= 0.6 is 0 Å². The molecule has 19 fully saturated rings. The standard InChI is InChI=1S/C20H30.C14H20.C10H16.4C4H6.4C2H6.9CH4/c1-13-2-15-3-14(1)8-19(7-13,9-15)20-10-16-4-17(11-20)6-18(5-16)12-20;1-7-2-12-10-4-8-5-11(9(1)10)13(3-7)14(12)6-8;1-7-2-9-4-8(1)5-10(3-7)6-9;4*1-3-4-2;4*1-2;;;;;;;;;/h13-18H,1-12H2;7-14H,1-6H2;7-10H,1-6H2;4*1-2H3;4*1-2H3;9*1H4. The van der Waals surface area contributed by atoms with E-state index >= 15 is 0 Å². The van der Waals surface area contributed by atoms with Crippen molar-refractivity contribution in [1.29, 1.82) is 0 Å². The van der Waals surface area contributed by atoms with Gasteiger partial charge in [0.15, 0.2) is 0 Å². The van der Waals surface area contributed by atoms with E-state index in [0.29, 0.717) is 0 Å². The van der Waals surface area contributed by atoms with E-state index in [1.165, 1.54) is 71.0 Å². The Bertz CT molecular complexity index is 1340. The molecule has 0 spiro atoms. The van der Waals surface area contributed by atoms with Gasteiger partial charge in [0.05, 0.1) is 0 Å². The Morgan fingerprint density at radius 3 is 0.403 bits per heavy atom. The van der Waals surface area contributed by atoms with Gasteiger partial charge in [0.25, 0.3) is 0 Å². The summed E-state index contributed by atoms with van der Waals surface area (Å²) >= 11 is 0. The highest BCUT2D eigenvalue weighted by Gasteiger charge is 2.65. The molecule has 0 atom stereocenters. The van der Waals surface area contributed by atoms with Gasteiger partial charge in [-0.3, -0.25) is 0 Å². The minimum atomic E-state index is 0. The van der Waals surface area contributed by atoms with Crippen LogP contribution < -0.4 is 0 Å². The first kappa shape index (κ1) is 86.5. The fourth-order valence-corrected chi connectivity index (χ4v) is 20.4. The van der Waals surface area contributed by atoms with Crippen molar-refractivity contribution in [2.75, 3.05) is 0 Å². The molecule has 19 saturated carbocycles. The lowest BCUT2D eigenvalue weighted by Crippen LogP contribution is -2.62. The zero-order valence-corrected chi connectivity index (χ0v) is 48.4. The topological polar surface area (TPSA) is 0 Å². The predicted molar refractivity (Wildman–Crippen MR) is 361 cm³/mol. The molecule has 0 aromatic rings. The van der Waals surface area contributed by atoms with Crippen molar-refractivity contribution in [1.82, 2.24) is 0 Å². The monoisotopic (exact) mass is 1080 g/mol. The van der Waals surface area contributed by atoms with Crippen LogP contribution in [0.5, 0.6) is 0 Å². The summed E-state index contributed by atoms with van der Waals surface area (Å²) in [5, 5.41) is 0. The van der Waals surface area contributed by atoms with Crippen LogP contribution in [-0.4, -0.2) is 0 Å². The highest BCUT2D eigenvalue weighted by atomic mass is 14.7. The maximum absolute atomic E-state index is 2.68. The normalized spacial score (nSPS) is 38.8. The highest BCUT2D eigenvalue weighted by Crippen LogP contribution is 2.75. The lowest BCUT2D eigenvalue weighted by molar-refractivity contribution is -0.202. The molecule has 19 aliphatic rings. The van der Waals surface area contributed by atoms with E-state index in [1.807, 2.05) is 111 Å². The van der Waals surface area contributed by atoms with Gasteiger partial charge in [-0.15, -0.1) is 47.4 Å². The summed E-state index contributed by atoms with van der Waals surface area (Å²) in [6.45, 7) is 30.6. The summed E-state index contributed by atoms with van der Waals surface area (Å²) in [5.74, 6) is 42.9. The molecule has 0 saturated heterocycles. The summed E-state index contributed by atoms with van der Waals surface area (Å²) < 4.78 is 0. The van der Waals surface area contributed by atoms with E-state index < -0.39 is 0 Å². The average molecular weight is 1080 g/mol. The van der Waals surface area contributed by atoms with Crippen LogP contribution in [0, 0.1) is 165 Å². The summed E-state index contributed by atoms with van der Waals surface area (Å²) in [5.41, 5.74) is 1.72. The van der Waals surface area contributed by atoms with E-state index in [9.17, 15) is 0 Å². The van der Waals surface area contributed by atoms with Crippen molar-refractivity contribution in [2.24, 2.45) is 117 Å². The van der Waals surface area contributed by atoms with Crippen LogP contribution in [-0.2, 0) is 0 Å². The molecule has 19 aliphatic carbocycles. The van der Waals surface area contributed by atoms with Gasteiger partial charge in [-0.25, -0.2) is 0 Å². The van der Waals surface area contributed by atoms with Gasteiger partial charge in [0, 0.05) is 0 Å². The minimum Gasteiger partial charge on any atom is -0.107 e. The van der Waals surface area contributed by atoms with Crippen LogP contribution in [0.15, 0.2) is 0 Å². The predicted octanol–water partition coefficient (Wildman–Crippen LogP) is 25.5. The van der Waals surface area contributed by atoms with Crippen LogP contribution in [0.4, 0.5) is 0 Å². The molecule has 0 nitrogen and oxygen atoms in total. The van der Waals surface area contributed by atoms with Crippen LogP contribution in [0.3, 0.4) is 0 Å². The molecule has 0 aromatic heterocycles. The van der Waals surface area contributed by atoms with E-state index in [1.54, 1.807) is 154 Å². The van der Waals surface area contributed by atoms with E-state index in [2.05, 4.69) is 47.4 Å². The molecule has 458 valence electrons. The van der Waals surface area contributed by atoms with Gasteiger partial charge in [0.1, 0.15) is 0 Å². The Labute approximate surface area is 494 Å². The molecule has 0 aromatic carbocycles. The zero-order chi connectivity index (χ0) is 50.0. The van der Waals surface area contributed by atoms with Crippen LogP contribution in [0.2, 0.25) is 0 Å². The molecule has 20 bridgehead atoms. The van der Waals surface area contributed by atoms with Crippen molar-refractivity contribution in [2.45, 2.75) is 332 Å². The summed E-state index contributed by atoms with van der Waals surface area (Å²) in [7, 11) is 0. The first-order chi connectivity index (χ1) is 33.2. The zero-order valence-electron chi connectivity index (χ0n) is 48.4. The SMILES string of the molecule is C.C.C.C.C.C.C.C.C.C1C2CC3C4CC5CC(C14)C(C2)C3C5.C1C2CC3CC1CC(C14CC5CC(CC(C5)C1)C4)(C2)C3.C1C2CC3CC1CC(C2)C3.CC.CC.CC.CC.CC#CC.CC#CC.CC#CC.CC#CC. The third-order valence-corrected chi connectivity index (χ3v) is 21.1. The van der Waals surface area contributed by atoms with Crippen molar-refractivity contribution >= 4 is 0 Å². The maximum Gasteiger partial charge on any atom is -0.00271 e. The molecule has 77 heavy (non-hydrogen) atoms. The van der Waals surface area contributed by atoms with Gasteiger partial charge in [0.2, 0.25) is 0 Å². The fourth-order valence-electron chi connectivity index (χ4n) is 20.4. The molecule has 0 unspecified atom stereocenters. The molecule has 0 radical (unpaired) electrons. The van der Waals surface area contributed by atoms with Crippen LogP contribution in [0.1, 0.15) is 332 Å². The summed E-state index contributed by atoms with van der Waals surface area (Å²) in [4.78, 5) is 0. The van der Waals surface area contributed by atoms with Gasteiger partial charge in [-0.1, -0.05) is 122 Å². The Kier molecular flexibility index (Phi) is 48.3. The summed E-state index contributed by atoms with van der Waals surface area (Å²) in [6.07, 6.45) is 39.4. The second-order valence-corrected chi connectivity index (χ2v) is 24.4. The maximum atomic E-state index is 2.68. The molecular formula is C77H150. The third kappa shape index (κ3) is 20.6. The molecule has 0 heteroatoms. The number of hydrogen-bond acceptors (Lipinski definition) is 0. The molecule has 0 amide bonds. The van der Waals surface area contributed by atoms with Crippen molar-refractivity contribution in [3.8, 4) is 47.4 Å². The quantitative estimate of drug-likeness (QED) is 0.230. The third-order valence-electron chi connectivity index (χ3n) is 21.1. The lowest BCUT2D eigenvalue weighted by atomic mass is 9.35. The Balaban J connectivity index is -0.000000199. The smallest absolute Gasteiger partial charge is 0.00271 e. The van der Waals surface area contributed by atoms with Gasteiger partial charge >= 0.3 is 0 Å². The highest BCUT2D eigenvalue weighted by molar-refractivity contribution is 5.15. The fraction of sp³-hybridized carbons (Fsp3) is 0.896. The van der Waals surface area contributed by atoms with Gasteiger partial charge in [-0.2, -0.15) is 0 Å². The second kappa shape index (κ2) is 43.0. The second-order valence-electron chi connectivity index (χ2n) is 24.4. The first-order valence-corrected chi connectivity index (χ1v) is 30.5. The van der Waals surface area contributed by atoms with E-state index in [4.69, 9.17) is 0 Å². The van der Waals surface area contributed by atoms with E-state index in [0.717, 1.165) is 46.3 Å². The van der Waals surface area contributed by atoms with Crippen LogP contribution in [0.25, 0.3) is 0 Å².